The molecule has 0 radical (unpaired) electrons. The zero-order valence-corrected chi connectivity index (χ0v) is 15.1. The highest BCUT2D eigenvalue weighted by Gasteiger charge is 2.14. The quantitative estimate of drug-likeness (QED) is 0.794. The monoisotopic (exact) mass is 335 g/mol. The average Bonchev–Trinajstić information content (AvgIpc) is 2.88. The third-order valence-corrected chi connectivity index (χ3v) is 4.76. The number of rotatable bonds is 8. The van der Waals surface area contributed by atoms with E-state index in [0.717, 1.165) is 41.8 Å². The summed E-state index contributed by atoms with van der Waals surface area (Å²) in [5.41, 5.74) is 2.43. The second-order valence-electron chi connectivity index (χ2n) is 6.03. The number of likely N-dealkylation sites (N-methyl/N-ethyl adjacent to an activating group) is 1. The van der Waals surface area contributed by atoms with Crippen LogP contribution in [0.15, 0.2) is 11.7 Å². The molecule has 23 heavy (non-hydrogen) atoms. The van der Waals surface area contributed by atoms with Crippen molar-refractivity contribution in [1.29, 1.82) is 0 Å². The van der Waals surface area contributed by atoms with Crippen molar-refractivity contribution in [3.05, 3.63) is 23.0 Å². The number of hydrogen-bond donors (Lipinski definition) is 1. The van der Waals surface area contributed by atoms with Crippen LogP contribution in [0.4, 0.5) is 0 Å². The SMILES string of the molecule is Cc1csc2c(C(=O)NCCN(C)CCCN(C)C)ncnc12. The number of carbonyl (C=O) groups excluding carboxylic acids is 1. The Kier molecular flexibility index (Phi) is 6.44. The lowest BCUT2D eigenvalue weighted by Gasteiger charge is -2.18. The van der Waals surface area contributed by atoms with Crippen molar-refractivity contribution in [2.45, 2.75) is 13.3 Å². The number of fused-ring (bicyclic) bond motifs is 1. The molecular weight excluding hydrogens is 310 g/mol. The third-order valence-electron chi connectivity index (χ3n) is 3.67. The maximum absolute atomic E-state index is 12.3. The van der Waals surface area contributed by atoms with E-state index in [2.05, 4.69) is 46.2 Å². The van der Waals surface area contributed by atoms with Crippen molar-refractivity contribution in [3.8, 4) is 0 Å². The molecule has 2 rings (SSSR count). The van der Waals surface area contributed by atoms with Crippen LogP contribution in [-0.2, 0) is 0 Å². The van der Waals surface area contributed by atoms with Crippen LogP contribution in [0, 0.1) is 6.92 Å². The zero-order chi connectivity index (χ0) is 16.8. The van der Waals surface area contributed by atoms with Gasteiger partial charge >= 0.3 is 0 Å². The maximum Gasteiger partial charge on any atom is 0.271 e. The first-order chi connectivity index (χ1) is 11.0. The number of carbonyl (C=O) groups is 1. The van der Waals surface area contributed by atoms with E-state index in [1.807, 2.05) is 12.3 Å². The summed E-state index contributed by atoms with van der Waals surface area (Å²) in [6.45, 7) is 5.55. The van der Waals surface area contributed by atoms with Gasteiger partial charge in [-0.25, -0.2) is 9.97 Å². The van der Waals surface area contributed by atoms with Gasteiger partial charge in [0, 0.05) is 13.1 Å². The molecule has 0 unspecified atom stereocenters. The molecule has 0 spiro atoms. The highest BCUT2D eigenvalue weighted by Crippen LogP contribution is 2.25. The van der Waals surface area contributed by atoms with Gasteiger partial charge in [0.1, 0.15) is 12.0 Å². The summed E-state index contributed by atoms with van der Waals surface area (Å²) in [4.78, 5) is 25.1. The molecule has 0 aliphatic rings. The predicted octanol–water partition coefficient (Wildman–Crippen LogP) is 1.61. The van der Waals surface area contributed by atoms with Crippen LogP contribution in [-0.4, -0.2) is 73.0 Å². The fourth-order valence-corrected chi connectivity index (χ4v) is 3.33. The number of nitrogens with one attached hydrogen (secondary N) is 1. The number of amides is 1. The van der Waals surface area contributed by atoms with Gasteiger partial charge in [-0.05, 0) is 58.5 Å². The van der Waals surface area contributed by atoms with Crippen molar-refractivity contribution in [2.75, 3.05) is 47.3 Å². The number of aryl methyl sites for hydroxylation is 1. The Labute approximate surface area is 141 Å². The van der Waals surface area contributed by atoms with Crippen molar-refractivity contribution >= 4 is 27.5 Å². The summed E-state index contributed by atoms with van der Waals surface area (Å²) < 4.78 is 0.863. The minimum atomic E-state index is -0.124. The van der Waals surface area contributed by atoms with Gasteiger partial charge in [0.15, 0.2) is 0 Å². The molecule has 0 bridgehead atoms. The molecule has 0 atom stereocenters. The maximum atomic E-state index is 12.3. The molecule has 126 valence electrons. The van der Waals surface area contributed by atoms with Crippen LogP contribution in [0.3, 0.4) is 0 Å². The first kappa shape index (κ1) is 17.8. The van der Waals surface area contributed by atoms with Gasteiger partial charge in [0.05, 0.1) is 10.2 Å². The largest absolute Gasteiger partial charge is 0.349 e. The molecule has 1 amide bonds. The summed E-state index contributed by atoms with van der Waals surface area (Å²) in [7, 11) is 6.23. The van der Waals surface area contributed by atoms with E-state index in [4.69, 9.17) is 0 Å². The molecule has 1 N–H and O–H groups in total. The van der Waals surface area contributed by atoms with Crippen molar-refractivity contribution < 1.29 is 4.79 Å². The summed E-state index contributed by atoms with van der Waals surface area (Å²) in [6.07, 6.45) is 2.59. The lowest BCUT2D eigenvalue weighted by molar-refractivity contribution is 0.0946. The number of nitrogens with zero attached hydrogens (tertiary/aromatic N) is 4. The smallest absolute Gasteiger partial charge is 0.271 e. The fraction of sp³-hybridized carbons (Fsp3) is 0.562. The Morgan fingerprint density at radius 3 is 2.74 bits per heavy atom. The second-order valence-corrected chi connectivity index (χ2v) is 6.91. The average molecular weight is 335 g/mol. The van der Waals surface area contributed by atoms with Crippen LogP contribution >= 0.6 is 11.3 Å². The molecule has 0 fully saturated rings. The molecule has 6 nitrogen and oxygen atoms in total. The minimum absolute atomic E-state index is 0.124. The van der Waals surface area contributed by atoms with E-state index < -0.39 is 0 Å². The summed E-state index contributed by atoms with van der Waals surface area (Å²) in [5, 5.41) is 4.96. The lowest BCUT2D eigenvalue weighted by atomic mass is 10.2. The fourth-order valence-electron chi connectivity index (χ4n) is 2.34. The predicted molar refractivity (Wildman–Crippen MR) is 95.2 cm³/mol. The molecule has 7 heteroatoms. The molecular formula is C16H25N5OS. The highest BCUT2D eigenvalue weighted by molar-refractivity contribution is 7.17. The second kappa shape index (κ2) is 8.33. The molecule has 0 aliphatic carbocycles. The number of hydrogen-bond acceptors (Lipinski definition) is 6. The first-order valence-electron chi connectivity index (χ1n) is 7.79. The Morgan fingerprint density at radius 1 is 1.22 bits per heavy atom. The van der Waals surface area contributed by atoms with Crippen LogP contribution in [0.1, 0.15) is 22.5 Å². The van der Waals surface area contributed by atoms with Crippen LogP contribution in [0.2, 0.25) is 0 Å². The topological polar surface area (TPSA) is 61.4 Å². The first-order valence-corrected chi connectivity index (χ1v) is 8.67. The molecule has 0 aliphatic heterocycles. The van der Waals surface area contributed by atoms with E-state index in [-0.39, 0.29) is 5.91 Å². The van der Waals surface area contributed by atoms with E-state index in [1.165, 1.54) is 17.7 Å². The van der Waals surface area contributed by atoms with Crippen molar-refractivity contribution in [3.63, 3.8) is 0 Å². The van der Waals surface area contributed by atoms with Gasteiger partial charge in [-0.2, -0.15) is 0 Å². The number of aromatic nitrogens is 2. The minimum Gasteiger partial charge on any atom is -0.349 e. The van der Waals surface area contributed by atoms with Gasteiger partial charge in [0.2, 0.25) is 0 Å². The third kappa shape index (κ3) is 4.95. The number of thiophene rings is 1. The molecule has 2 aromatic rings. The van der Waals surface area contributed by atoms with Crippen LogP contribution in [0.25, 0.3) is 10.2 Å². The highest BCUT2D eigenvalue weighted by atomic mass is 32.1. The van der Waals surface area contributed by atoms with Crippen LogP contribution < -0.4 is 5.32 Å². The Bertz CT molecular complexity index is 655. The standard InChI is InChI=1S/C16H25N5OS/c1-12-10-23-15-13(12)18-11-19-14(15)16(22)17-6-9-21(4)8-5-7-20(2)3/h10-11H,5-9H2,1-4H3,(H,17,22). The van der Waals surface area contributed by atoms with Crippen molar-refractivity contribution in [1.82, 2.24) is 25.1 Å². The summed E-state index contributed by atoms with van der Waals surface area (Å²) in [5.74, 6) is -0.124. The Morgan fingerprint density at radius 2 is 2.00 bits per heavy atom. The van der Waals surface area contributed by atoms with E-state index in [1.54, 1.807) is 0 Å². The molecule has 0 aromatic carbocycles. The lowest BCUT2D eigenvalue weighted by Crippen LogP contribution is -2.34. The van der Waals surface area contributed by atoms with Crippen LogP contribution in [0.5, 0.6) is 0 Å². The molecule has 0 saturated heterocycles. The Hall–Kier alpha value is -1.57. The summed E-state index contributed by atoms with van der Waals surface area (Å²) in [6, 6.07) is 0. The molecule has 0 saturated carbocycles. The van der Waals surface area contributed by atoms with Gasteiger partial charge in [0.25, 0.3) is 5.91 Å². The molecule has 2 aromatic heterocycles. The van der Waals surface area contributed by atoms with Gasteiger partial charge in [-0.1, -0.05) is 0 Å². The van der Waals surface area contributed by atoms with E-state index in [9.17, 15) is 4.79 Å². The molecule has 2 heterocycles. The van der Waals surface area contributed by atoms with Crippen molar-refractivity contribution in [2.24, 2.45) is 0 Å². The zero-order valence-electron chi connectivity index (χ0n) is 14.3. The van der Waals surface area contributed by atoms with Gasteiger partial charge in [-0.15, -0.1) is 11.3 Å². The van der Waals surface area contributed by atoms with Gasteiger partial charge < -0.3 is 15.1 Å². The Balaban J connectivity index is 1.82. The normalized spacial score (nSPS) is 11.6. The summed E-state index contributed by atoms with van der Waals surface area (Å²) >= 11 is 1.52. The van der Waals surface area contributed by atoms with E-state index in [0.29, 0.717) is 12.2 Å². The van der Waals surface area contributed by atoms with E-state index >= 15 is 0 Å². The van der Waals surface area contributed by atoms with Gasteiger partial charge in [-0.3, -0.25) is 4.79 Å².